The predicted molar refractivity (Wildman–Crippen MR) is 104 cm³/mol. The van der Waals surface area contributed by atoms with Crippen LogP contribution in [0.5, 0.6) is 0 Å². The van der Waals surface area contributed by atoms with E-state index in [1.165, 1.54) is 0 Å². The largest absolute Gasteiger partial charge is 0.382 e. The van der Waals surface area contributed by atoms with Crippen molar-refractivity contribution in [3.05, 3.63) is 0 Å². The molecule has 0 aliphatic rings. The molecule has 0 unspecified atom stereocenters. The zero-order valence-electron chi connectivity index (χ0n) is 15.3. The molecule has 6 nitrogen and oxygen atoms in total. The van der Waals surface area contributed by atoms with Gasteiger partial charge in [-0.25, -0.2) is 0 Å². The first-order valence-electron chi connectivity index (χ1n) is 8.42. The Morgan fingerprint density at radius 1 is 1.08 bits per heavy atom. The summed E-state index contributed by atoms with van der Waals surface area (Å²) in [4.78, 5) is 10.6. The third-order valence-corrected chi connectivity index (χ3v) is 6.34. The molecule has 0 atom stereocenters. The molecule has 24 heavy (non-hydrogen) atoms. The Balaban J connectivity index is 3.36. The van der Waals surface area contributed by atoms with Gasteiger partial charge in [0, 0.05) is 37.1 Å². The van der Waals surface area contributed by atoms with Gasteiger partial charge in [-0.2, -0.15) is 0 Å². The number of nitrogens with two attached hydrogens (primary N) is 1. The summed E-state index contributed by atoms with van der Waals surface area (Å²) in [6.07, 6.45) is 2.41. The van der Waals surface area contributed by atoms with Gasteiger partial charge in [-0.05, 0) is 26.7 Å². The van der Waals surface area contributed by atoms with Gasteiger partial charge in [0.15, 0.2) is 0 Å². The fourth-order valence-corrected chi connectivity index (χ4v) is 4.31. The van der Waals surface area contributed by atoms with Gasteiger partial charge in [0.25, 0.3) is 0 Å². The summed E-state index contributed by atoms with van der Waals surface area (Å²) in [5.74, 6) is 0.842. The number of rotatable bonds is 18. The second-order valence-corrected chi connectivity index (χ2v) is 9.11. The highest BCUT2D eigenvalue weighted by atomic mass is 33.1. The first-order valence-corrected chi connectivity index (χ1v) is 10.7. The van der Waals surface area contributed by atoms with Crippen LogP contribution in [0.2, 0.25) is 0 Å². The summed E-state index contributed by atoms with van der Waals surface area (Å²) in [5.41, 5.74) is 5.12. The first-order chi connectivity index (χ1) is 11.5. The highest BCUT2D eigenvalue weighted by Gasteiger charge is 2.18. The van der Waals surface area contributed by atoms with Crippen LogP contribution in [-0.4, -0.2) is 69.6 Å². The highest BCUT2D eigenvalue weighted by Crippen LogP contribution is 2.35. The Bertz CT molecular complexity index is 308. The van der Waals surface area contributed by atoms with E-state index in [1.54, 1.807) is 7.11 Å². The number of methoxy groups -OCH3 is 1. The summed E-state index contributed by atoms with van der Waals surface area (Å²) in [6.45, 7) is 9.37. The second-order valence-electron chi connectivity index (χ2n) is 5.98. The molecule has 0 bridgehead atoms. The van der Waals surface area contributed by atoms with Crippen molar-refractivity contribution in [3.63, 3.8) is 0 Å². The van der Waals surface area contributed by atoms with E-state index < -0.39 is 0 Å². The Morgan fingerprint density at radius 2 is 1.75 bits per heavy atom. The number of hydrogen-bond acceptors (Lipinski definition) is 7. The molecular weight excluding hydrogens is 348 g/mol. The van der Waals surface area contributed by atoms with Gasteiger partial charge in [-0.1, -0.05) is 21.6 Å². The van der Waals surface area contributed by atoms with Crippen LogP contribution >= 0.6 is 21.6 Å². The van der Waals surface area contributed by atoms with Crippen molar-refractivity contribution in [2.75, 3.05) is 59.0 Å². The van der Waals surface area contributed by atoms with Crippen molar-refractivity contribution in [1.29, 1.82) is 0 Å². The van der Waals surface area contributed by atoms with Crippen LogP contribution in [0.15, 0.2) is 0 Å². The summed E-state index contributed by atoms with van der Waals surface area (Å²) in [6, 6.07) is 0. The minimum atomic E-state index is -0.207. The molecule has 1 amide bonds. The molecule has 0 heterocycles. The van der Waals surface area contributed by atoms with Crippen molar-refractivity contribution in [2.45, 2.75) is 37.9 Å². The zero-order valence-corrected chi connectivity index (χ0v) is 16.9. The third-order valence-electron chi connectivity index (χ3n) is 2.96. The topological polar surface area (TPSA) is 82.8 Å². The molecule has 8 heteroatoms. The van der Waals surface area contributed by atoms with Gasteiger partial charge in [0.05, 0.1) is 33.0 Å². The summed E-state index contributed by atoms with van der Waals surface area (Å²) >= 11 is 0. The predicted octanol–water partition coefficient (Wildman–Crippen LogP) is 2.07. The van der Waals surface area contributed by atoms with Crippen LogP contribution in [0.3, 0.4) is 0 Å². The van der Waals surface area contributed by atoms with Gasteiger partial charge >= 0.3 is 0 Å². The van der Waals surface area contributed by atoms with E-state index in [2.05, 4.69) is 19.2 Å². The van der Waals surface area contributed by atoms with E-state index >= 15 is 0 Å². The molecule has 0 fully saturated rings. The van der Waals surface area contributed by atoms with Gasteiger partial charge in [-0.15, -0.1) is 0 Å². The fourth-order valence-electron chi connectivity index (χ4n) is 1.69. The molecule has 0 saturated heterocycles. The quantitative estimate of drug-likeness (QED) is 0.277. The summed E-state index contributed by atoms with van der Waals surface area (Å²) < 4.78 is 15.9. The number of hydrogen-bond donors (Lipinski definition) is 2. The summed E-state index contributed by atoms with van der Waals surface area (Å²) in [5, 5.41) is 3.42. The van der Waals surface area contributed by atoms with Crippen LogP contribution in [-0.2, 0) is 19.0 Å². The smallest absolute Gasteiger partial charge is 0.217 e. The van der Waals surface area contributed by atoms with Crippen LogP contribution in [0.1, 0.15) is 33.1 Å². The second kappa shape index (κ2) is 16.5. The fraction of sp³-hybridized carbons (Fsp3) is 0.938. The van der Waals surface area contributed by atoms with Crippen molar-refractivity contribution >= 4 is 27.5 Å². The molecule has 0 aliphatic carbocycles. The van der Waals surface area contributed by atoms with Crippen LogP contribution in [0, 0.1) is 0 Å². The lowest BCUT2D eigenvalue weighted by Gasteiger charge is -2.23. The lowest BCUT2D eigenvalue weighted by atomic mass is 10.2. The van der Waals surface area contributed by atoms with Crippen LogP contribution in [0.4, 0.5) is 0 Å². The van der Waals surface area contributed by atoms with E-state index in [9.17, 15) is 4.79 Å². The van der Waals surface area contributed by atoms with E-state index in [0.29, 0.717) is 39.5 Å². The monoisotopic (exact) mass is 382 g/mol. The lowest BCUT2D eigenvalue weighted by molar-refractivity contribution is -0.118. The Kier molecular flexibility index (Phi) is 16.5. The van der Waals surface area contributed by atoms with Crippen LogP contribution < -0.4 is 11.1 Å². The van der Waals surface area contributed by atoms with Crippen molar-refractivity contribution in [2.24, 2.45) is 5.73 Å². The minimum Gasteiger partial charge on any atom is -0.382 e. The SMILES string of the molecule is COCCOCCOCCNCC(C)(C)SSCCCCC(N)=O. The Labute approximate surface area is 154 Å². The maximum atomic E-state index is 10.6. The van der Waals surface area contributed by atoms with Crippen molar-refractivity contribution in [1.82, 2.24) is 5.32 Å². The maximum Gasteiger partial charge on any atom is 0.217 e. The molecule has 3 N–H and O–H groups in total. The maximum absolute atomic E-state index is 10.6. The number of amides is 1. The lowest BCUT2D eigenvalue weighted by Crippen LogP contribution is -2.33. The average Bonchev–Trinajstić information content (AvgIpc) is 2.52. The van der Waals surface area contributed by atoms with E-state index in [0.717, 1.165) is 31.7 Å². The van der Waals surface area contributed by atoms with Gasteiger partial charge in [0.2, 0.25) is 5.91 Å². The zero-order chi connectivity index (χ0) is 18.1. The number of ether oxygens (including phenoxy) is 3. The van der Waals surface area contributed by atoms with E-state index in [-0.39, 0.29) is 10.7 Å². The van der Waals surface area contributed by atoms with E-state index in [4.69, 9.17) is 19.9 Å². The molecule has 0 rings (SSSR count). The van der Waals surface area contributed by atoms with Gasteiger partial charge in [-0.3, -0.25) is 4.79 Å². The first kappa shape index (κ1) is 24.0. The van der Waals surface area contributed by atoms with Crippen molar-refractivity contribution < 1.29 is 19.0 Å². The molecule has 0 spiro atoms. The third kappa shape index (κ3) is 18.4. The van der Waals surface area contributed by atoms with Gasteiger partial charge in [0.1, 0.15) is 0 Å². The average molecular weight is 383 g/mol. The molecule has 0 aromatic heterocycles. The number of carbonyl (C=O) groups excluding carboxylic acids is 1. The van der Waals surface area contributed by atoms with Crippen molar-refractivity contribution in [3.8, 4) is 0 Å². The molecule has 0 aliphatic heterocycles. The molecule has 0 aromatic rings. The summed E-state index contributed by atoms with van der Waals surface area (Å²) in [7, 11) is 5.40. The molecule has 0 aromatic carbocycles. The standard InChI is InChI=1S/C16H34N2O4S2/c1-16(2,24-23-13-5-4-6-15(17)19)14-18-7-8-21-11-12-22-10-9-20-3/h18H,4-14H2,1-3H3,(H2,17,19). The number of carbonyl (C=O) groups is 1. The normalized spacial score (nSPS) is 11.8. The number of unbranched alkanes of at least 4 members (excludes halogenated alkanes) is 1. The van der Waals surface area contributed by atoms with Crippen LogP contribution in [0.25, 0.3) is 0 Å². The molecule has 0 radical (unpaired) electrons. The number of primary amides is 1. The number of nitrogens with one attached hydrogen (secondary N) is 1. The molecular formula is C16H34N2O4S2. The minimum absolute atomic E-state index is 0.164. The molecule has 144 valence electrons. The molecule has 0 saturated carbocycles. The van der Waals surface area contributed by atoms with Gasteiger partial charge < -0.3 is 25.3 Å². The Morgan fingerprint density at radius 3 is 2.42 bits per heavy atom. The Hall–Kier alpha value is 0.01000. The van der Waals surface area contributed by atoms with E-state index in [1.807, 2.05) is 21.6 Å². The highest BCUT2D eigenvalue weighted by molar-refractivity contribution is 8.77.